The fourth-order valence-electron chi connectivity index (χ4n) is 2.96. The Morgan fingerprint density at radius 2 is 1.88 bits per heavy atom. The Morgan fingerprint density at radius 1 is 1.08 bits per heavy atom. The molecule has 4 aromatic rings. The third-order valence-electron chi connectivity index (χ3n) is 4.27. The van der Waals surface area contributed by atoms with Gasteiger partial charge in [0.2, 0.25) is 6.79 Å². The number of ether oxygens (including phenoxy) is 2. The lowest BCUT2D eigenvalue weighted by Crippen LogP contribution is -2.17. The second-order valence-electron chi connectivity index (χ2n) is 5.79. The lowest BCUT2D eigenvalue weighted by molar-refractivity contribution is 0.174. The van der Waals surface area contributed by atoms with E-state index in [2.05, 4.69) is 4.98 Å². The smallest absolute Gasteiger partial charge is 0.275 e. The van der Waals surface area contributed by atoms with Crippen molar-refractivity contribution in [3.8, 4) is 28.3 Å². The third-order valence-corrected chi connectivity index (χ3v) is 5.48. The number of aromatic nitrogens is 2. The van der Waals surface area contributed by atoms with Crippen molar-refractivity contribution in [2.75, 3.05) is 6.79 Å². The highest BCUT2D eigenvalue weighted by atomic mass is 35.5. The van der Waals surface area contributed by atoms with Crippen LogP contribution in [0, 0.1) is 0 Å². The van der Waals surface area contributed by atoms with Crippen LogP contribution < -0.4 is 15.0 Å². The van der Waals surface area contributed by atoms with Gasteiger partial charge in [-0.15, -0.1) is 11.3 Å². The maximum absolute atomic E-state index is 12.9. The standard InChI is InChI=1S/C19H11ClN2O3S/c20-12-2-4-13(5-3-12)22-9-21-17-14(8-26-18(17)19(22)23)11-1-6-15-16(7-11)25-10-24-15/h1-9H,10H2. The first-order valence-corrected chi connectivity index (χ1v) is 9.11. The summed E-state index contributed by atoms with van der Waals surface area (Å²) in [5.74, 6) is 1.43. The van der Waals surface area contributed by atoms with Crippen LogP contribution in [0.15, 0.2) is 59.0 Å². The van der Waals surface area contributed by atoms with Gasteiger partial charge in [0, 0.05) is 16.0 Å². The van der Waals surface area contributed by atoms with E-state index in [1.54, 1.807) is 30.6 Å². The summed E-state index contributed by atoms with van der Waals surface area (Å²) in [5, 5.41) is 2.57. The van der Waals surface area contributed by atoms with E-state index in [-0.39, 0.29) is 12.4 Å². The molecule has 0 bridgehead atoms. The Morgan fingerprint density at radius 3 is 2.73 bits per heavy atom. The molecule has 5 nitrogen and oxygen atoms in total. The maximum atomic E-state index is 12.9. The third kappa shape index (κ3) is 2.38. The van der Waals surface area contributed by atoms with Gasteiger partial charge in [0.1, 0.15) is 11.0 Å². The lowest BCUT2D eigenvalue weighted by Gasteiger charge is -2.06. The van der Waals surface area contributed by atoms with Crippen molar-refractivity contribution < 1.29 is 9.47 Å². The number of halogens is 1. The first-order chi connectivity index (χ1) is 12.7. The van der Waals surface area contributed by atoms with Crippen molar-refractivity contribution in [2.45, 2.75) is 0 Å². The highest BCUT2D eigenvalue weighted by Gasteiger charge is 2.17. The summed E-state index contributed by atoms with van der Waals surface area (Å²) in [6.07, 6.45) is 1.55. The summed E-state index contributed by atoms with van der Waals surface area (Å²) >= 11 is 7.31. The average molecular weight is 383 g/mol. The van der Waals surface area contributed by atoms with E-state index in [4.69, 9.17) is 21.1 Å². The monoisotopic (exact) mass is 382 g/mol. The van der Waals surface area contributed by atoms with Gasteiger partial charge in [-0.05, 0) is 42.0 Å². The van der Waals surface area contributed by atoms with Crippen LogP contribution in [0.1, 0.15) is 0 Å². The van der Waals surface area contributed by atoms with Gasteiger partial charge in [0.05, 0.1) is 11.2 Å². The zero-order chi connectivity index (χ0) is 17.7. The predicted molar refractivity (Wildman–Crippen MR) is 102 cm³/mol. The molecule has 0 spiro atoms. The minimum absolute atomic E-state index is 0.102. The fraction of sp³-hybridized carbons (Fsp3) is 0.0526. The molecular formula is C19H11ClN2O3S. The summed E-state index contributed by atoms with van der Waals surface area (Å²) in [5.41, 5.74) is 3.16. The molecule has 0 unspecified atom stereocenters. The van der Waals surface area contributed by atoms with Gasteiger partial charge in [0.25, 0.3) is 5.56 Å². The number of benzene rings is 2. The normalized spacial score (nSPS) is 12.7. The first kappa shape index (κ1) is 15.4. The Balaban J connectivity index is 1.65. The molecule has 3 heterocycles. The zero-order valence-corrected chi connectivity index (χ0v) is 14.9. The molecule has 128 valence electrons. The Kier molecular flexibility index (Phi) is 3.48. The van der Waals surface area contributed by atoms with Crippen LogP contribution in [0.25, 0.3) is 27.0 Å². The van der Waals surface area contributed by atoms with Crippen LogP contribution in [0.4, 0.5) is 0 Å². The van der Waals surface area contributed by atoms with Crippen molar-refractivity contribution in [2.24, 2.45) is 0 Å². The molecule has 0 saturated carbocycles. The van der Waals surface area contributed by atoms with E-state index >= 15 is 0 Å². The van der Waals surface area contributed by atoms with E-state index in [0.29, 0.717) is 21.0 Å². The minimum Gasteiger partial charge on any atom is -0.454 e. The SMILES string of the molecule is O=c1c2scc(-c3ccc4c(c3)OCO4)c2ncn1-c1ccc(Cl)cc1. The highest BCUT2D eigenvalue weighted by molar-refractivity contribution is 7.17. The Labute approximate surface area is 157 Å². The highest BCUT2D eigenvalue weighted by Crippen LogP contribution is 2.38. The van der Waals surface area contributed by atoms with Crippen molar-refractivity contribution in [1.82, 2.24) is 9.55 Å². The van der Waals surface area contributed by atoms with Crippen LogP contribution in [0.2, 0.25) is 5.02 Å². The van der Waals surface area contributed by atoms with Gasteiger partial charge >= 0.3 is 0 Å². The van der Waals surface area contributed by atoms with E-state index < -0.39 is 0 Å². The molecule has 2 aromatic heterocycles. The molecule has 1 aliphatic heterocycles. The average Bonchev–Trinajstić information content (AvgIpc) is 3.29. The van der Waals surface area contributed by atoms with E-state index in [0.717, 1.165) is 22.6 Å². The molecular weight excluding hydrogens is 372 g/mol. The topological polar surface area (TPSA) is 53.4 Å². The first-order valence-electron chi connectivity index (χ1n) is 7.85. The van der Waals surface area contributed by atoms with Gasteiger partial charge in [-0.3, -0.25) is 9.36 Å². The molecule has 0 aliphatic carbocycles. The minimum atomic E-state index is -0.102. The summed E-state index contributed by atoms with van der Waals surface area (Å²) < 4.78 is 12.9. The quantitative estimate of drug-likeness (QED) is 0.512. The molecule has 7 heteroatoms. The summed E-state index contributed by atoms with van der Waals surface area (Å²) in [6, 6.07) is 12.8. The predicted octanol–water partition coefficient (Wildman–Crippen LogP) is 4.50. The lowest BCUT2D eigenvalue weighted by atomic mass is 10.1. The van der Waals surface area contributed by atoms with E-state index in [1.165, 1.54) is 15.9 Å². The van der Waals surface area contributed by atoms with Crippen LogP contribution in [-0.2, 0) is 0 Å². The van der Waals surface area contributed by atoms with Gasteiger partial charge in [-0.2, -0.15) is 0 Å². The number of fused-ring (bicyclic) bond motifs is 2. The van der Waals surface area contributed by atoms with Crippen molar-refractivity contribution in [3.63, 3.8) is 0 Å². The number of hydrogen-bond donors (Lipinski definition) is 0. The van der Waals surface area contributed by atoms with E-state index in [9.17, 15) is 4.79 Å². The molecule has 5 rings (SSSR count). The number of rotatable bonds is 2. The summed E-state index contributed by atoms with van der Waals surface area (Å²) in [6.45, 7) is 0.229. The Hall–Kier alpha value is -2.83. The van der Waals surface area contributed by atoms with E-state index in [1.807, 2.05) is 23.6 Å². The van der Waals surface area contributed by atoms with Crippen LogP contribution in [0.3, 0.4) is 0 Å². The number of nitrogens with zero attached hydrogens (tertiary/aromatic N) is 2. The zero-order valence-electron chi connectivity index (χ0n) is 13.3. The van der Waals surface area contributed by atoms with Gasteiger partial charge in [-0.25, -0.2) is 4.98 Å². The van der Waals surface area contributed by atoms with Gasteiger partial charge in [0.15, 0.2) is 11.5 Å². The molecule has 0 radical (unpaired) electrons. The van der Waals surface area contributed by atoms with Crippen molar-refractivity contribution in [3.05, 3.63) is 69.5 Å². The molecule has 0 fully saturated rings. The molecule has 0 N–H and O–H groups in total. The summed E-state index contributed by atoms with van der Waals surface area (Å²) in [7, 11) is 0. The molecule has 2 aromatic carbocycles. The van der Waals surface area contributed by atoms with Gasteiger partial charge < -0.3 is 9.47 Å². The van der Waals surface area contributed by atoms with Crippen LogP contribution in [-0.4, -0.2) is 16.3 Å². The van der Waals surface area contributed by atoms with Crippen molar-refractivity contribution >= 4 is 33.2 Å². The largest absolute Gasteiger partial charge is 0.454 e. The second kappa shape index (κ2) is 5.86. The van der Waals surface area contributed by atoms with Crippen LogP contribution >= 0.6 is 22.9 Å². The molecule has 0 saturated heterocycles. The molecule has 1 aliphatic rings. The maximum Gasteiger partial charge on any atom is 0.275 e. The second-order valence-corrected chi connectivity index (χ2v) is 7.11. The molecule has 0 amide bonds. The summed E-state index contributed by atoms with van der Waals surface area (Å²) in [4.78, 5) is 17.4. The Bertz CT molecular complexity index is 1200. The van der Waals surface area contributed by atoms with Gasteiger partial charge in [-0.1, -0.05) is 17.7 Å². The molecule has 26 heavy (non-hydrogen) atoms. The number of thiophene rings is 1. The van der Waals surface area contributed by atoms with Crippen LogP contribution in [0.5, 0.6) is 11.5 Å². The molecule has 0 atom stereocenters. The fourth-order valence-corrected chi connectivity index (χ4v) is 4.05. The number of hydrogen-bond acceptors (Lipinski definition) is 5. The van der Waals surface area contributed by atoms with Crippen molar-refractivity contribution in [1.29, 1.82) is 0 Å².